The van der Waals surface area contributed by atoms with Gasteiger partial charge in [-0.3, -0.25) is 0 Å². The molecule has 7 nitrogen and oxygen atoms in total. The summed E-state index contributed by atoms with van der Waals surface area (Å²) in [6, 6.07) is 2.97. The van der Waals surface area contributed by atoms with Crippen molar-refractivity contribution in [2.24, 2.45) is 0 Å². The van der Waals surface area contributed by atoms with E-state index in [4.69, 9.17) is 46.9 Å². The van der Waals surface area contributed by atoms with Crippen molar-refractivity contribution in [3.05, 3.63) is 34.7 Å². The van der Waals surface area contributed by atoms with Gasteiger partial charge >= 0.3 is 0 Å². The van der Waals surface area contributed by atoms with E-state index in [2.05, 4.69) is 70.5 Å². The summed E-state index contributed by atoms with van der Waals surface area (Å²) in [7, 11) is -3.09. The minimum absolute atomic E-state index is 0.0350. The molecule has 11 heteroatoms. The van der Waals surface area contributed by atoms with Crippen LogP contribution in [0.15, 0.2) is 24.7 Å². The molecule has 0 N–H and O–H groups in total. The molecule has 1 saturated heterocycles. The standard InChI is InChI=1S/C33H51Cl2N3O4Si2/c1-33(2,3)44(7,8)42-25-13-12-24(17-25)41-28-18-27(34)31(35)32-30(28)26(21-37(32)22-39-15-16-43(4,5)6)23-19-36-38(20-23)29-11-9-10-14-40-29/h18-21,24-25,29H,9-17,22H2,1-8H3/t24-,25-,29?/m0/s1. The number of halogens is 2. The molecule has 3 atom stereocenters. The molecule has 1 saturated carbocycles. The predicted molar refractivity (Wildman–Crippen MR) is 186 cm³/mol. The zero-order valence-corrected chi connectivity index (χ0v) is 31.4. The van der Waals surface area contributed by atoms with E-state index in [9.17, 15) is 0 Å². The Morgan fingerprint density at radius 2 is 1.77 bits per heavy atom. The van der Waals surface area contributed by atoms with Gasteiger partial charge in [0.15, 0.2) is 8.32 Å². The molecule has 5 rings (SSSR count). The monoisotopic (exact) mass is 679 g/mol. The van der Waals surface area contributed by atoms with Gasteiger partial charge in [-0.2, -0.15) is 5.10 Å². The molecule has 2 aliphatic rings. The van der Waals surface area contributed by atoms with Crippen LogP contribution in [0.1, 0.15) is 65.5 Å². The molecule has 3 aromatic rings. The van der Waals surface area contributed by atoms with Crippen molar-refractivity contribution in [1.82, 2.24) is 14.3 Å². The molecule has 0 radical (unpaired) electrons. The van der Waals surface area contributed by atoms with Crippen LogP contribution in [0.25, 0.3) is 22.0 Å². The molecule has 2 aromatic heterocycles. The summed E-state index contributed by atoms with van der Waals surface area (Å²) >= 11 is 13.7. The fraction of sp³-hybridized carbons (Fsp3) is 0.667. The van der Waals surface area contributed by atoms with Gasteiger partial charge in [-0.25, -0.2) is 4.68 Å². The second-order valence-corrected chi connectivity index (χ2v) is 26.5. The molecule has 1 aliphatic heterocycles. The number of ether oxygens (including phenoxy) is 3. The fourth-order valence-electron chi connectivity index (χ4n) is 5.81. The molecule has 1 aromatic carbocycles. The highest BCUT2D eigenvalue weighted by Gasteiger charge is 2.41. The Bertz CT molecular complexity index is 1440. The zero-order chi connectivity index (χ0) is 31.9. The van der Waals surface area contributed by atoms with Crippen LogP contribution in [-0.2, 0) is 20.6 Å². The minimum atomic E-state index is -1.87. The largest absolute Gasteiger partial charge is 0.490 e. The third-order valence-corrected chi connectivity index (χ3v) is 16.5. The molecule has 1 aliphatic carbocycles. The second kappa shape index (κ2) is 13.4. The lowest BCUT2D eigenvalue weighted by molar-refractivity contribution is -0.0394. The Hall–Kier alpha value is -1.34. The van der Waals surface area contributed by atoms with E-state index in [1.165, 1.54) is 0 Å². The predicted octanol–water partition coefficient (Wildman–Crippen LogP) is 10.1. The van der Waals surface area contributed by atoms with Gasteiger partial charge in [0, 0.05) is 63.4 Å². The number of fused-ring (bicyclic) bond motifs is 1. The third kappa shape index (κ3) is 7.78. The Balaban J connectivity index is 1.47. The molecule has 2 fully saturated rings. The number of aromatic nitrogens is 3. The van der Waals surface area contributed by atoms with Crippen molar-refractivity contribution < 1.29 is 18.6 Å². The van der Waals surface area contributed by atoms with Crippen molar-refractivity contribution in [2.75, 3.05) is 13.2 Å². The maximum absolute atomic E-state index is 6.96. The van der Waals surface area contributed by atoms with Crippen LogP contribution in [0.3, 0.4) is 0 Å². The second-order valence-electron chi connectivity index (χ2n) is 15.3. The quantitative estimate of drug-likeness (QED) is 0.149. The smallest absolute Gasteiger partial charge is 0.192 e. The van der Waals surface area contributed by atoms with Crippen molar-refractivity contribution >= 4 is 50.5 Å². The third-order valence-electron chi connectivity index (χ3n) is 9.49. The van der Waals surface area contributed by atoms with Crippen LogP contribution >= 0.6 is 23.2 Å². The maximum Gasteiger partial charge on any atom is 0.192 e. The van der Waals surface area contributed by atoms with Crippen molar-refractivity contribution in [3.8, 4) is 16.9 Å². The average Bonchev–Trinajstić information content (AvgIpc) is 3.68. The van der Waals surface area contributed by atoms with Crippen LogP contribution in [-0.4, -0.2) is 56.2 Å². The highest BCUT2D eigenvalue weighted by atomic mass is 35.5. The highest BCUT2D eigenvalue weighted by Crippen LogP contribution is 2.46. The summed E-state index contributed by atoms with van der Waals surface area (Å²) in [5.74, 6) is 0.741. The first-order chi connectivity index (χ1) is 20.6. The summed E-state index contributed by atoms with van der Waals surface area (Å²) in [4.78, 5) is 0. The summed E-state index contributed by atoms with van der Waals surface area (Å²) in [6.45, 7) is 20.4. The van der Waals surface area contributed by atoms with Gasteiger partial charge in [-0.15, -0.1) is 0 Å². The lowest BCUT2D eigenvalue weighted by Crippen LogP contribution is -2.43. The van der Waals surface area contributed by atoms with Crippen LogP contribution in [0, 0.1) is 0 Å². The maximum atomic E-state index is 6.96. The van der Waals surface area contributed by atoms with E-state index in [0.717, 1.165) is 79.0 Å². The van der Waals surface area contributed by atoms with E-state index in [0.29, 0.717) is 23.4 Å². The van der Waals surface area contributed by atoms with Crippen LogP contribution < -0.4 is 4.74 Å². The number of rotatable bonds is 11. The first-order valence-corrected chi connectivity index (χ1v) is 23.6. The van der Waals surface area contributed by atoms with Gasteiger partial charge in [-0.05, 0) is 56.3 Å². The molecular weight excluding hydrogens is 629 g/mol. The molecule has 1 unspecified atom stereocenters. The van der Waals surface area contributed by atoms with Gasteiger partial charge in [0.2, 0.25) is 0 Å². The Labute approximate surface area is 275 Å². The summed E-state index contributed by atoms with van der Waals surface area (Å²) in [5.41, 5.74) is 2.81. The van der Waals surface area contributed by atoms with E-state index in [1.54, 1.807) is 0 Å². The van der Waals surface area contributed by atoms with Gasteiger partial charge in [-0.1, -0.05) is 63.6 Å². The van der Waals surface area contributed by atoms with E-state index < -0.39 is 16.4 Å². The lowest BCUT2D eigenvalue weighted by Gasteiger charge is -2.38. The highest BCUT2D eigenvalue weighted by molar-refractivity contribution is 6.76. The zero-order valence-electron chi connectivity index (χ0n) is 27.8. The molecule has 3 heterocycles. The topological polar surface area (TPSA) is 59.7 Å². The summed E-state index contributed by atoms with van der Waals surface area (Å²) in [5, 5.41) is 6.80. The fourth-order valence-corrected chi connectivity index (χ4v) is 8.42. The summed E-state index contributed by atoms with van der Waals surface area (Å²) < 4.78 is 29.8. The Morgan fingerprint density at radius 3 is 2.45 bits per heavy atom. The van der Waals surface area contributed by atoms with Gasteiger partial charge in [0.25, 0.3) is 0 Å². The van der Waals surface area contributed by atoms with Crippen molar-refractivity contribution in [3.63, 3.8) is 0 Å². The molecule has 0 bridgehead atoms. The summed E-state index contributed by atoms with van der Waals surface area (Å²) in [6.07, 6.45) is 12.3. The van der Waals surface area contributed by atoms with E-state index >= 15 is 0 Å². The van der Waals surface area contributed by atoms with Gasteiger partial charge in [0.1, 0.15) is 24.8 Å². The van der Waals surface area contributed by atoms with Crippen molar-refractivity contribution in [1.29, 1.82) is 0 Å². The first kappa shape index (κ1) is 34.0. The number of benzene rings is 1. The lowest BCUT2D eigenvalue weighted by atomic mass is 10.1. The first-order valence-electron chi connectivity index (χ1n) is 16.2. The Kier molecular flexibility index (Phi) is 10.4. The van der Waals surface area contributed by atoms with Crippen LogP contribution in [0.5, 0.6) is 5.75 Å². The van der Waals surface area contributed by atoms with Crippen LogP contribution in [0.4, 0.5) is 0 Å². The van der Waals surface area contributed by atoms with Crippen molar-refractivity contribution in [2.45, 2.75) is 128 Å². The van der Waals surface area contributed by atoms with Crippen LogP contribution in [0.2, 0.25) is 53.9 Å². The average molecular weight is 681 g/mol. The minimum Gasteiger partial charge on any atom is -0.490 e. The van der Waals surface area contributed by atoms with E-state index in [-0.39, 0.29) is 23.5 Å². The SMILES string of the molecule is CC(C)(C)[Si](C)(C)O[C@H]1CC[C@H](Oc2cc(Cl)c(Cl)c3c2c(-c2cnn(C4CCCCO4)c2)cn3COCC[Si](C)(C)C)C1. The Morgan fingerprint density at radius 1 is 1.02 bits per heavy atom. The molecule has 44 heavy (non-hydrogen) atoms. The molecule has 0 spiro atoms. The molecule has 244 valence electrons. The number of hydrogen-bond donors (Lipinski definition) is 0. The van der Waals surface area contributed by atoms with E-state index in [1.807, 2.05) is 16.9 Å². The molecular formula is C33H51Cl2N3O4Si2. The molecule has 0 amide bonds. The van der Waals surface area contributed by atoms with Gasteiger partial charge < -0.3 is 23.2 Å². The number of nitrogens with zero attached hydrogens (tertiary/aromatic N) is 3. The normalized spacial score (nSPS) is 21.8. The number of hydrogen-bond acceptors (Lipinski definition) is 5. The van der Waals surface area contributed by atoms with Gasteiger partial charge in [0.05, 0.1) is 27.1 Å².